The number of allylic oxidation sites excluding steroid dienone is 2. The molecule has 0 aliphatic carbocycles. The average molecular weight is 387 g/mol. The van der Waals surface area contributed by atoms with Crippen molar-refractivity contribution >= 4 is 6.08 Å². The lowest BCUT2D eigenvalue weighted by molar-refractivity contribution is 0.335. The lowest BCUT2D eigenvalue weighted by Crippen LogP contribution is -1.90. The Balaban J connectivity index is 1.91. The summed E-state index contributed by atoms with van der Waals surface area (Å²) in [5.41, 5.74) is 6.76. The van der Waals surface area contributed by atoms with Crippen LogP contribution in [0.3, 0.4) is 0 Å². The normalized spacial score (nSPS) is 12.2. The van der Waals surface area contributed by atoms with Gasteiger partial charge in [0.15, 0.2) is 0 Å². The van der Waals surface area contributed by atoms with Crippen LogP contribution in [-0.4, -0.2) is 16.1 Å². The highest BCUT2D eigenvalue weighted by Gasteiger charge is 2.09. The van der Waals surface area contributed by atoms with Gasteiger partial charge in [-0.2, -0.15) is 0 Å². The molecule has 0 spiro atoms. The molecule has 3 heteroatoms. The minimum atomic E-state index is -0.730. The summed E-state index contributed by atoms with van der Waals surface area (Å²) in [7, 11) is 0. The molecule has 0 aliphatic rings. The number of benzene rings is 2. The summed E-state index contributed by atoms with van der Waals surface area (Å²) < 4.78 is 12.9. The van der Waals surface area contributed by atoms with Gasteiger partial charge < -0.3 is 0 Å². The quantitative estimate of drug-likeness (QED) is 0.290. The van der Waals surface area contributed by atoms with Crippen LogP contribution >= 0.6 is 0 Å². The van der Waals surface area contributed by atoms with Crippen LogP contribution in [0.15, 0.2) is 79.9 Å². The van der Waals surface area contributed by atoms with Crippen LogP contribution in [0, 0.1) is 0 Å². The van der Waals surface area contributed by atoms with E-state index in [1.807, 2.05) is 18.5 Å². The summed E-state index contributed by atoms with van der Waals surface area (Å²) >= 11 is 0. The lowest BCUT2D eigenvalue weighted by Gasteiger charge is -2.12. The predicted molar refractivity (Wildman–Crippen MR) is 120 cm³/mol. The van der Waals surface area contributed by atoms with Gasteiger partial charge in [0, 0.05) is 18.0 Å². The molecule has 1 atom stereocenters. The molecule has 1 heterocycles. The fourth-order valence-electron chi connectivity index (χ4n) is 3.32. The standard InChI is InChI=1S/C26H27FN2/c1-3-7-21-10-13-23(14-11-21)26-16-22(9-6-4-5-8-20(2)27)12-15-25(26)24-17-28-19-29-18-24/h3,6,9-20H,1,4-5,7-8H2,2H3. The molecule has 0 bridgehead atoms. The van der Waals surface area contributed by atoms with E-state index in [-0.39, 0.29) is 0 Å². The summed E-state index contributed by atoms with van der Waals surface area (Å²) in [6.07, 6.45) is 13.9. The second kappa shape index (κ2) is 10.5. The molecule has 0 saturated heterocycles. The Hall–Kier alpha value is -3.07. The zero-order valence-corrected chi connectivity index (χ0v) is 16.9. The highest BCUT2D eigenvalue weighted by molar-refractivity contribution is 5.84. The van der Waals surface area contributed by atoms with E-state index in [9.17, 15) is 4.39 Å². The van der Waals surface area contributed by atoms with Crippen molar-refractivity contribution in [2.24, 2.45) is 0 Å². The van der Waals surface area contributed by atoms with Crippen molar-refractivity contribution in [3.63, 3.8) is 0 Å². The van der Waals surface area contributed by atoms with Gasteiger partial charge in [0.2, 0.25) is 0 Å². The lowest BCUT2D eigenvalue weighted by atomic mass is 9.93. The Morgan fingerprint density at radius 3 is 2.45 bits per heavy atom. The summed E-state index contributed by atoms with van der Waals surface area (Å²) in [4.78, 5) is 8.35. The van der Waals surface area contributed by atoms with Gasteiger partial charge >= 0.3 is 0 Å². The number of nitrogens with zero attached hydrogens (tertiary/aromatic N) is 2. The van der Waals surface area contributed by atoms with E-state index in [1.54, 1.807) is 13.3 Å². The first kappa shape index (κ1) is 20.7. The van der Waals surface area contributed by atoms with Gasteiger partial charge in [0.1, 0.15) is 6.33 Å². The van der Waals surface area contributed by atoms with E-state index in [4.69, 9.17) is 0 Å². The van der Waals surface area contributed by atoms with E-state index < -0.39 is 6.17 Å². The third kappa shape index (κ3) is 5.95. The topological polar surface area (TPSA) is 25.8 Å². The molecule has 1 unspecified atom stereocenters. The second-order valence-electron chi connectivity index (χ2n) is 7.24. The number of aromatic nitrogens is 2. The van der Waals surface area contributed by atoms with Gasteiger partial charge in [-0.05, 0) is 66.5 Å². The first-order valence-electron chi connectivity index (χ1n) is 10.1. The molecule has 0 aliphatic heterocycles. The number of halogens is 1. The molecule has 3 rings (SSSR count). The van der Waals surface area contributed by atoms with Crippen LogP contribution in [0.4, 0.5) is 4.39 Å². The van der Waals surface area contributed by atoms with Crippen LogP contribution in [0.25, 0.3) is 28.3 Å². The molecule has 148 valence electrons. The van der Waals surface area contributed by atoms with Crippen LogP contribution in [0.2, 0.25) is 0 Å². The monoisotopic (exact) mass is 386 g/mol. The summed E-state index contributed by atoms with van der Waals surface area (Å²) in [5, 5.41) is 0. The fraction of sp³-hybridized carbons (Fsp3) is 0.231. The number of hydrogen-bond donors (Lipinski definition) is 0. The summed E-state index contributed by atoms with van der Waals surface area (Å²) in [6.45, 7) is 5.42. The third-order valence-corrected chi connectivity index (χ3v) is 4.84. The van der Waals surface area contributed by atoms with Gasteiger partial charge in [-0.15, -0.1) is 6.58 Å². The Labute approximate surface area is 172 Å². The molecule has 2 aromatic carbocycles. The smallest absolute Gasteiger partial charge is 0.115 e. The van der Waals surface area contributed by atoms with Crippen LogP contribution in [0.1, 0.15) is 37.3 Å². The molecule has 3 aromatic rings. The zero-order valence-electron chi connectivity index (χ0n) is 16.9. The van der Waals surface area contributed by atoms with Crippen molar-refractivity contribution in [3.8, 4) is 22.3 Å². The Morgan fingerprint density at radius 1 is 1.00 bits per heavy atom. The molecule has 0 fully saturated rings. The van der Waals surface area contributed by atoms with Gasteiger partial charge in [-0.1, -0.05) is 54.6 Å². The van der Waals surface area contributed by atoms with Crippen LogP contribution < -0.4 is 0 Å². The number of rotatable bonds is 9. The molecule has 0 radical (unpaired) electrons. The maximum Gasteiger partial charge on any atom is 0.115 e. The Morgan fingerprint density at radius 2 is 1.76 bits per heavy atom. The largest absolute Gasteiger partial charge is 0.248 e. The van der Waals surface area contributed by atoms with Gasteiger partial charge in [-0.25, -0.2) is 14.4 Å². The van der Waals surface area contributed by atoms with Crippen molar-refractivity contribution in [2.45, 2.75) is 38.8 Å². The van der Waals surface area contributed by atoms with Crippen molar-refractivity contribution in [2.75, 3.05) is 0 Å². The van der Waals surface area contributed by atoms with E-state index >= 15 is 0 Å². The maximum atomic E-state index is 12.9. The molecule has 29 heavy (non-hydrogen) atoms. The molecule has 0 N–H and O–H groups in total. The van der Waals surface area contributed by atoms with E-state index in [2.05, 4.69) is 71.2 Å². The molecule has 0 amide bonds. The van der Waals surface area contributed by atoms with E-state index in [0.29, 0.717) is 6.42 Å². The van der Waals surface area contributed by atoms with Crippen molar-refractivity contribution in [1.29, 1.82) is 0 Å². The maximum absolute atomic E-state index is 12.9. The number of unbranched alkanes of at least 4 members (excludes halogenated alkanes) is 1. The van der Waals surface area contributed by atoms with Gasteiger partial charge in [-0.3, -0.25) is 0 Å². The second-order valence-corrected chi connectivity index (χ2v) is 7.24. The molecule has 2 nitrogen and oxygen atoms in total. The average Bonchev–Trinajstić information content (AvgIpc) is 2.75. The minimum absolute atomic E-state index is 0.611. The van der Waals surface area contributed by atoms with Gasteiger partial charge in [0.05, 0.1) is 6.17 Å². The van der Waals surface area contributed by atoms with Crippen LogP contribution in [0.5, 0.6) is 0 Å². The van der Waals surface area contributed by atoms with Gasteiger partial charge in [0.25, 0.3) is 0 Å². The predicted octanol–water partition coefficient (Wildman–Crippen LogP) is 7.08. The van der Waals surface area contributed by atoms with E-state index in [0.717, 1.165) is 47.1 Å². The number of alkyl halides is 1. The first-order valence-corrected chi connectivity index (χ1v) is 10.1. The van der Waals surface area contributed by atoms with Crippen molar-refractivity contribution in [3.05, 3.63) is 91.0 Å². The van der Waals surface area contributed by atoms with Crippen LogP contribution in [-0.2, 0) is 6.42 Å². The fourth-order valence-corrected chi connectivity index (χ4v) is 3.32. The summed E-state index contributed by atoms with van der Waals surface area (Å²) in [6, 6.07) is 15.0. The minimum Gasteiger partial charge on any atom is -0.248 e. The molecule has 1 aromatic heterocycles. The molecule has 0 saturated carbocycles. The van der Waals surface area contributed by atoms with Crippen molar-refractivity contribution in [1.82, 2.24) is 9.97 Å². The zero-order chi connectivity index (χ0) is 20.5. The molecular formula is C26H27FN2. The third-order valence-electron chi connectivity index (χ3n) is 4.84. The first-order chi connectivity index (χ1) is 14.2. The Kier molecular flexibility index (Phi) is 7.46. The number of hydrogen-bond acceptors (Lipinski definition) is 2. The van der Waals surface area contributed by atoms with Crippen molar-refractivity contribution < 1.29 is 4.39 Å². The highest BCUT2D eigenvalue weighted by atomic mass is 19.1. The highest BCUT2D eigenvalue weighted by Crippen LogP contribution is 2.33. The summed E-state index contributed by atoms with van der Waals surface area (Å²) in [5.74, 6) is 0. The SMILES string of the molecule is C=CCc1ccc(-c2cc(C=CCCCC(C)F)ccc2-c2cncnc2)cc1. The van der Waals surface area contributed by atoms with E-state index in [1.165, 1.54) is 5.56 Å². The Bertz CT molecular complexity index is 944. The molecular weight excluding hydrogens is 359 g/mol.